The van der Waals surface area contributed by atoms with E-state index in [9.17, 15) is 0 Å². The number of oxazole rings is 1. The molecule has 0 aliphatic heterocycles. The van der Waals surface area contributed by atoms with Gasteiger partial charge in [0.2, 0.25) is 5.89 Å². The molecule has 12 rings (SSSR count). The maximum Gasteiger partial charge on any atom is 0.227 e. The van der Waals surface area contributed by atoms with Crippen molar-refractivity contribution in [3.05, 3.63) is 211 Å². The van der Waals surface area contributed by atoms with E-state index in [1.807, 2.05) is 24.3 Å². The highest BCUT2D eigenvalue weighted by atomic mass is 16.5. The van der Waals surface area contributed by atoms with Crippen molar-refractivity contribution in [2.24, 2.45) is 0 Å². The first-order chi connectivity index (χ1) is 35.9. The minimum atomic E-state index is 0.272. The molecule has 2 aliphatic carbocycles. The molecular formula is C67H63N3O3. The Labute approximate surface area is 429 Å². The van der Waals surface area contributed by atoms with Crippen LogP contribution in [0.25, 0.3) is 83.7 Å². The molecule has 0 spiro atoms. The number of benzene rings is 8. The zero-order chi connectivity index (χ0) is 49.5. The number of aryl methyl sites for hydroxylation is 3. The summed E-state index contributed by atoms with van der Waals surface area (Å²) in [5.74, 6) is 4.20. The summed E-state index contributed by atoms with van der Waals surface area (Å²) in [4.78, 5) is 10.3. The number of ether oxygens (including phenoxy) is 2. The van der Waals surface area contributed by atoms with Gasteiger partial charge in [-0.3, -0.25) is 4.57 Å². The van der Waals surface area contributed by atoms with Gasteiger partial charge in [-0.1, -0.05) is 162 Å². The van der Waals surface area contributed by atoms with Gasteiger partial charge in [0.25, 0.3) is 0 Å². The van der Waals surface area contributed by atoms with E-state index in [1.165, 1.54) is 51.1 Å². The third-order valence-corrected chi connectivity index (χ3v) is 14.3. The molecule has 0 saturated heterocycles. The number of nitrogens with zero attached hydrogens (tertiary/aromatic N) is 3. The van der Waals surface area contributed by atoms with Gasteiger partial charge >= 0.3 is 0 Å². The summed E-state index contributed by atoms with van der Waals surface area (Å²) in [5.41, 5.74) is 11.9. The number of aromatic nitrogens is 3. The van der Waals surface area contributed by atoms with Gasteiger partial charge in [0, 0.05) is 38.7 Å². The van der Waals surface area contributed by atoms with Crippen LogP contribution < -0.4 is 9.47 Å². The zero-order valence-electron chi connectivity index (χ0n) is 42.3. The largest absolute Gasteiger partial charge is 0.490 e. The van der Waals surface area contributed by atoms with Gasteiger partial charge in [-0.05, 0) is 144 Å². The summed E-state index contributed by atoms with van der Waals surface area (Å²) in [5, 5.41) is 4.87. The van der Waals surface area contributed by atoms with Crippen molar-refractivity contribution >= 4 is 32.6 Å². The van der Waals surface area contributed by atoms with Crippen molar-refractivity contribution in [2.75, 3.05) is 0 Å². The summed E-state index contributed by atoms with van der Waals surface area (Å²) in [6, 6.07) is 59.6. The standard InChI is InChI=1S/C36H32N2O.C31H31NO2/c1-25-17-19-26(20-18-25)36-37-34-32-15-9-7-13-30(32)31-14-8-10-16-33(31)35(34)38(36)27-21-23-29(24-22-27)39-28-11-5-3-2-4-6-12-28;1-22-10-14-24(15-11-22)29-30(25-16-12-23(2)13-17-25)34-31(32-29)26-18-20-28(21-19-26)33-27-8-6-4-3-5-7-9-27/h2-3,7-10,13-24,28H,4-6,11-12H2,1H3;3-4,10-21,27H,5-9H2,1-2H3/b3-2-;4-3-. The summed E-state index contributed by atoms with van der Waals surface area (Å²) in [6.07, 6.45) is 20.9. The average molecular weight is 958 g/mol. The van der Waals surface area contributed by atoms with Crippen LogP contribution in [0.4, 0.5) is 0 Å². The van der Waals surface area contributed by atoms with Gasteiger partial charge in [-0.15, -0.1) is 0 Å². The molecule has 0 fully saturated rings. The fourth-order valence-corrected chi connectivity index (χ4v) is 10.3. The van der Waals surface area contributed by atoms with E-state index < -0.39 is 0 Å². The van der Waals surface area contributed by atoms with Crippen LogP contribution in [0.2, 0.25) is 0 Å². The molecule has 0 radical (unpaired) electrons. The third-order valence-electron chi connectivity index (χ3n) is 14.3. The highest BCUT2D eigenvalue weighted by Crippen LogP contribution is 2.40. The maximum absolute atomic E-state index is 6.45. The number of hydrogen-bond donors (Lipinski definition) is 0. The first-order valence-electron chi connectivity index (χ1n) is 26.3. The molecule has 0 saturated carbocycles. The molecule has 2 unspecified atom stereocenters. The van der Waals surface area contributed by atoms with E-state index in [2.05, 4.69) is 195 Å². The van der Waals surface area contributed by atoms with Crippen LogP contribution in [0.15, 0.2) is 199 Å². The van der Waals surface area contributed by atoms with Gasteiger partial charge < -0.3 is 13.9 Å². The summed E-state index contributed by atoms with van der Waals surface area (Å²) in [6.45, 7) is 6.31. The monoisotopic (exact) mass is 957 g/mol. The van der Waals surface area contributed by atoms with Gasteiger partial charge in [0.1, 0.15) is 23.0 Å². The molecule has 2 atom stereocenters. The Morgan fingerprint density at radius 2 is 0.904 bits per heavy atom. The number of allylic oxidation sites excluding steroid dienone is 4. The van der Waals surface area contributed by atoms with Gasteiger partial charge in [0.05, 0.1) is 23.2 Å². The lowest BCUT2D eigenvalue weighted by atomic mass is 10.00. The van der Waals surface area contributed by atoms with Crippen molar-refractivity contribution in [1.82, 2.24) is 14.5 Å². The van der Waals surface area contributed by atoms with E-state index in [0.717, 1.165) is 119 Å². The van der Waals surface area contributed by atoms with Crippen molar-refractivity contribution in [3.63, 3.8) is 0 Å². The second-order valence-electron chi connectivity index (χ2n) is 19.8. The lowest BCUT2D eigenvalue weighted by molar-refractivity contribution is 0.178. The van der Waals surface area contributed by atoms with E-state index in [0.29, 0.717) is 5.89 Å². The average Bonchev–Trinajstić information content (AvgIpc) is 4.04. The highest BCUT2D eigenvalue weighted by molar-refractivity contribution is 6.24. The van der Waals surface area contributed by atoms with Crippen molar-refractivity contribution in [1.29, 1.82) is 0 Å². The predicted molar refractivity (Wildman–Crippen MR) is 302 cm³/mol. The van der Waals surface area contributed by atoms with Crippen LogP contribution in [-0.2, 0) is 0 Å². The lowest BCUT2D eigenvalue weighted by Gasteiger charge is -2.20. The molecule has 2 heterocycles. The molecule has 2 aromatic heterocycles. The predicted octanol–water partition coefficient (Wildman–Crippen LogP) is 18.1. The maximum atomic E-state index is 6.45. The minimum absolute atomic E-state index is 0.272. The van der Waals surface area contributed by atoms with E-state index in [4.69, 9.17) is 23.9 Å². The van der Waals surface area contributed by atoms with Crippen LogP contribution in [-0.4, -0.2) is 26.7 Å². The van der Waals surface area contributed by atoms with Crippen LogP contribution >= 0.6 is 0 Å². The summed E-state index contributed by atoms with van der Waals surface area (Å²) >= 11 is 0. The Hall–Kier alpha value is -7.96. The normalized spacial score (nSPS) is 16.9. The van der Waals surface area contributed by atoms with Crippen LogP contribution in [0.5, 0.6) is 11.5 Å². The molecule has 6 heteroatoms. The fourth-order valence-electron chi connectivity index (χ4n) is 10.3. The van der Waals surface area contributed by atoms with Gasteiger partial charge in [0.15, 0.2) is 5.76 Å². The van der Waals surface area contributed by atoms with Gasteiger partial charge in [-0.2, -0.15) is 0 Å². The highest BCUT2D eigenvalue weighted by Gasteiger charge is 2.22. The zero-order valence-corrected chi connectivity index (χ0v) is 42.3. The van der Waals surface area contributed by atoms with E-state index in [-0.39, 0.29) is 12.2 Å². The number of fused-ring (bicyclic) bond motifs is 6. The molecule has 6 nitrogen and oxygen atoms in total. The smallest absolute Gasteiger partial charge is 0.227 e. The van der Waals surface area contributed by atoms with Crippen molar-refractivity contribution in [3.8, 4) is 62.6 Å². The quantitative estimate of drug-likeness (QED) is 0.107. The number of hydrogen-bond acceptors (Lipinski definition) is 5. The second-order valence-corrected chi connectivity index (χ2v) is 19.8. The molecule has 10 aromatic rings. The molecule has 364 valence electrons. The van der Waals surface area contributed by atoms with Crippen molar-refractivity contribution < 1.29 is 13.9 Å². The molecule has 2 aliphatic rings. The minimum Gasteiger partial charge on any atom is -0.490 e. The fraction of sp³-hybridized carbons (Fsp3) is 0.224. The Morgan fingerprint density at radius 3 is 1.48 bits per heavy atom. The van der Waals surface area contributed by atoms with Crippen LogP contribution in [0.3, 0.4) is 0 Å². The van der Waals surface area contributed by atoms with Crippen LogP contribution in [0.1, 0.15) is 80.9 Å². The van der Waals surface area contributed by atoms with E-state index >= 15 is 0 Å². The first-order valence-corrected chi connectivity index (χ1v) is 26.3. The Morgan fingerprint density at radius 1 is 0.438 bits per heavy atom. The molecule has 0 bridgehead atoms. The summed E-state index contributed by atoms with van der Waals surface area (Å²) < 4.78 is 21.4. The lowest BCUT2D eigenvalue weighted by Crippen LogP contribution is -2.17. The molecular weight excluding hydrogens is 895 g/mol. The van der Waals surface area contributed by atoms with Crippen LogP contribution in [0, 0.1) is 20.8 Å². The Balaban J connectivity index is 0.000000159. The third kappa shape index (κ3) is 10.7. The summed E-state index contributed by atoms with van der Waals surface area (Å²) in [7, 11) is 0. The second kappa shape index (κ2) is 21.8. The van der Waals surface area contributed by atoms with E-state index in [1.54, 1.807) is 0 Å². The Kier molecular flexibility index (Phi) is 14.1. The molecule has 73 heavy (non-hydrogen) atoms. The molecule has 0 amide bonds. The number of imidazole rings is 1. The topological polar surface area (TPSA) is 62.3 Å². The number of rotatable bonds is 9. The van der Waals surface area contributed by atoms with Gasteiger partial charge in [-0.25, -0.2) is 9.97 Å². The van der Waals surface area contributed by atoms with Crippen molar-refractivity contribution in [2.45, 2.75) is 97.2 Å². The SMILES string of the molecule is Cc1ccc(-c2nc(-c3ccc(OC4CC/C=C\CCC4)cc3)oc2-c2ccc(C)cc2)cc1.Cc1ccc(-c2nc3c4ccccc4c4ccccc4c3n2-c2ccc(OC3CC/C=C\CCC3)cc2)cc1. The Bertz CT molecular complexity index is 3460. The first kappa shape index (κ1) is 47.4. The molecule has 8 aromatic carbocycles. The molecule has 0 N–H and O–H groups in total.